The van der Waals surface area contributed by atoms with Crippen LogP contribution in [0, 0.1) is 0 Å². The fourth-order valence-corrected chi connectivity index (χ4v) is 0.956. The molecule has 0 aliphatic heterocycles. The number of ether oxygens (including phenoxy) is 1. The Labute approximate surface area is 79.8 Å². The summed E-state index contributed by atoms with van der Waals surface area (Å²) in [6.07, 6.45) is 1.52. The molecule has 0 aromatic heterocycles. The highest BCUT2D eigenvalue weighted by molar-refractivity contribution is 5.81. The Kier molecular flexibility index (Phi) is 6.54. The molecular formula is C9H20N2O2. The highest BCUT2D eigenvalue weighted by Crippen LogP contribution is 1.93. The first-order valence-corrected chi connectivity index (χ1v) is 4.70. The minimum absolute atomic E-state index is 0.0788. The zero-order valence-corrected chi connectivity index (χ0v) is 8.67. The number of nitrogens with one attached hydrogen (secondary N) is 1. The van der Waals surface area contributed by atoms with Crippen LogP contribution in [-0.4, -0.2) is 31.7 Å². The molecule has 2 atom stereocenters. The Hall–Kier alpha value is -0.610. The lowest BCUT2D eigenvalue weighted by Crippen LogP contribution is -2.46. The van der Waals surface area contributed by atoms with Gasteiger partial charge in [0.25, 0.3) is 0 Å². The van der Waals surface area contributed by atoms with Gasteiger partial charge in [0.15, 0.2) is 0 Å². The van der Waals surface area contributed by atoms with Crippen LogP contribution >= 0.6 is 0 Å². The van der Waals surface area contributed by atoms with Gasteiger partial charge < -0.3 is 15.8 Å². The number of hydrogen-bond acceptors (Lipinski definition) is 3. The zero-order valence-electron chi connectivity index (χ0n) is 8.67. The quantitative estimate of drug-likeness (QED) is 0.628. The largest absolute Gasteiger partial charge is 0.383 e. The molecular weight excluding hydrogens is 168 g/mol. The molecule has 0 rings (SSSR count). The summed E-state index contributed by atoms with van der Waals surface area (Å²) in [5, 5.41) is 2.83. The maximum atomic E-state index is 11.3. The van der Waals surface area contributed by atoms with Gasteiger partial charge in [-0.3, -0.25) is 4.79 Å². The minimum Gasteiger partial charge on any atom is -0.383 e. The van der Waals surface area contributed by atoms with Crippen LogP contribution in [0.25, 0.3) is 0 Å². The van der Waals surface area contributed by atoms with E-state index in [2.05, 4.69) is 5.32 Å². The second-order valence-corrected chi connectivity index (χ2v) is 3.08. The Balaban J connectivity index is 3.85. The summed E-state index contributed by atoms with van der Waals surface area (Å²) in [4.78, 5) is 11.3. The first-order valence-electron chi connectivity index (χ1n) is 4.70. The Morgan fingerprint density at radius 2 is 2.08 bits per heavy atom. The molecule has 0 saturated carbocycles. The SMILES string of the molecule is CCC(COC)NC(=O)[C@@H](N)CC. The van der Waals surface area contributed by atoms with E-state index in [1.165, 1.54) is 0 Å². The van der Waals surface area contributed by atoms with Crippen LogP contribution < -0.4 is 11.1 Å². The van der Waals surface area contributed by atoms with Crippen molar-refractivity contribution in [1.82, 2.24) is 5.32 Å². The second-order valence-electron chi connectivity index (χ2n) is 3.08. The smallest absolute Gasteiger partial charge is 0.237 e. The van der Waals surface area contributed by atoms with E-state index in [0.717, 1.165) is 6.42 Å². The summed E-state index contributed by atoms with van der Waals surface area (Å²) in [7, 11) is 1.62. The van der Waals surface area contributed by atoms with Crippen LogP contribution in [0.15, 0.2) is 0 Å². The normalized spacial score (nSPS) is 15.1. The predicted molar refractivity (Wildman–Crippen MR) is 52.4 cm³/mol. The van der Waals surface area contributed by atoms with Crippen LogP contribution in [0.1, 0.15) is 26.7 Å². The molecule has 0 aromatic rings. The van der Waals surface area contributed by atoms with Crippen molar-refractivity contribution in [1.29, 1.82) is 0 Å². The third-order valence-electron chi connectivity index (χ3n) is 1.98. The number of rotatable bonds is 6. The molecule has 0 aliphatic carbocycles. The van der Waals surface area contributed by atoms with E-state index in [-0.39, 0.29) is 11.9 Å². The molecule has 0 radical (unpaired) electrons. The van der Waals surface area contributed by atoms with Crippen molar-refractivity contribution in [3.05, 3.63) is 0 Å². The van der Waals surface area contributed by atoms with E-state index in [4.69, 9.17) is 10.5 Å². The Bertz CT molecular complexity index is 151. The van der Waals surface area contributed by atoms with Crippen LogP contribution in [0.2, 0.25) is 0 Å². The summed E-state index contributed by atoms with van der Waals surface area (Å²) in [5.41, 5.74) is 5.56. The third-order valence-corrected chi connectivity index (χ3v) is 1.98. The number of nitrogens with two attached hydrogens (primary N) is 1. The van der Waals surface area contributed by atoms with Crippen molar-refractivity contribution in [2.75, 3.05) is 13.7 Å². The van der Waals surface area contributed by atoms with Crippen molar-refractivity contribution >= 4 is 5.91 Å². The van der Waals surface area contributed by atoms with Crippen molar-refractivity contribution in [2.24, 2.45) is 5.73 Å². The lowest BCUT2D eigenvalue weighted by Gasteiger charge is -2.18. The second kappa shape index (κ2) is 6.86. The van der Waals surface area contributed by atoms with Crippen LogP contribution in [0.3, 0.4) is 0 Å². The van der Waals surface area contributed by atoms with Gasteiger partial charge in [0.1, 0.15) is 0 Å². The van der Waals surface area contributed by atoms with E-state index in [1.807, 2.05) is 13.8 Å². The maximum Gasteiger partial charge on any atom is 0.237 e. The molecule has 78 valence electrons. The van der Waals surface area contributed by atoms with Gasteiger partial charge in [-0.25, -0.2) is 0 Å². The van der Waals surface area contributed by atoms with Crippen molar-refractivity contribution in [2.45, 2.75) is 38.8 Å². The third kappa shape index (κ3) is 4.85. The van der Waals surface area contributed by atoms with Gasteiger partial charge in [-0.15, -0.1) is 0 Å². The lowest BCUT2D eigenvalue weighted by molar-refractivity contribution is -0.123. The zero-order chi connectivity index (χ0) is 10.3. The summed E-state index contributed by atoms with van der Waals surface area (Å²) in [6.45, 7) is 4.43. The van der Waals surface area contributed by atoms with E-state index in [9.17, 15) is 4.79 Å². The van der Waals surface area contributed by atoms with Crippen LogP contribution in [0.4, 0.5) is 0 Å². The highest BCUT2D eigenvalue weighted by atomic mass is 16.5. The molecule has 0 saturated heterocycles. The number of carbonyl (C=O) groups excluding carboxylic acids is 1. The summed E-state index contributed by atoms with van der Waals surface area (Å²) >= 11 is 0. The average Bonchev–Trinajstić information content (AvgIpc) is 2.15. The van der Waals surface area contributed by atoms with E-state index in [0.29, 0.717) is 13.0 Å². The van der Waals surface area contributed by atoms with Gasteiger partial charge in [-0.1, -0.05) is 13.8 Å². The molecule has 0 aromatic carbocycles. The molecule has 0 bridgehead atoms. The molecule has 0 aliphatic rings. The topological polar surface area (TPSA) is 64.3 Å². The summed E-state index contributed by atoms with van der Waals surface area (Å²) in [6, 6.07) is -0.319. The van der Waals surface area contributed by atoms with E-state index < -0.39 is 6.04 Å². The van der Waals surface area contributed by atoms with Crippen molar-refractivity contribution in [3.63, 3.8) is 0 Å². The van der Waals surface area contributed by atoms with Crippen molar-refractivity contribution < 1.29 is 9.53 Å². The van der Waals surface area contributed by atoms with Gasteiger partial charge >= 0.3 is 0 Å². The van der Waals surface area contributed by atoms with Gasteiger partial charge in [-0.2, -0.15) is 0 Å². The molecule has 1 unspecified atom stereocenters. The Morgan fingerprint density at radius 1 is 1.46 bits per heavy atom. The fraction of sp³-hybridized carbons (Fsp3) is 0.889. The molecule has 0 fully saturated rings. The number of carbonyl (C=O) groups is 1. The molecule has 13 heavy (non-hydrogen) atoms. The van der Waals surface area contributed by atoms with Gasteiger partial charge in [0.2, 0.25) is 5.91 Å². The number of methoxy groups -OCH3 is 1. The van der Waals surface area contributed by atoms with Gasteiger partial charge in [-0.05, 0) is 12.8 Å². The summed E-state index contributed by atoms with van der Waals surface area (Å²) < 4.78 is 4.95. The van der Waals surface area contributed by atoms with Crippen LogP contribution in [0.5, 0.6) is 0 Å². The molecule has 4 nitrogen and oxygen atoms in total. The number of amides is 1. The first-order chi connectivity index (χ1) is 6.15. The van der Waals surface area contributed by atoms with E-state index in [1.54, 1.807) is 7.11 Å². The fourth-order valence-electron chi connectivity index (χ4n) is 0.956. The van der Waals surface area contributed by atoms with Crippen molar-refractivity contribution in [3.8, 4) is 0 Å². The first kappa shape index (κ1) is 12.4. The number of hydrogen-bond donors (Lipinski definition) is 2. The Morgan fingerprint density at radius 3 is 2.46 bits per heavy atom. The predicted octanol–water partition coefficient (Wildman–Crippen LogP) is 0.265. The van der Waals surface area contributed by atoms with Gasteiger partial charge in [0, 0.05) is 7.11 Å². The minimum atomic E-state index is -0.397. The van der Waals surface area contributed by atoms with Crippen LogP contribution in [-0.2, 0) is 9.53 Å². The molecule has 0 spiro atoms. The molecule has 3 N–H and O–H groups in total. The molecule has 1 amide bonds. The maximum absolute atomic E-state index is 11.3. The highest BCUT2D eigenvalue weighted by Gasteiger charge is 2.14. The molecule has 0 heterocycles. The van der Waals surface area contributed by atoms with Gasteiger partial charge in [0.05, 0.1) is 18.7 Å². The molecule has 4 heteroatoms. The average molecular weight is 188 g/mol. The monoisotopic (exact) mass is 188 g/mol. The standard InChI is InChI=1S/C9H20N2O2/c1-4-7(6-13-3)11-9(12)8(10)5-2/h7-8H,4-6,10H2,1-3H3,(H,11,12)/t7?,8-/m0/s1. The lowest BCUT2D eigenvalue weighted by atomic mass is 10.2. The summed E-state index contributed by atoms with van der Waals surface area (Å²) in [5.74, 6) is -0.0913. The van der Waals surface area contributed by atoms with E-state index >= 15 is 0 Å².